The Kier molecular flexibility index (Phi) is 7.86. The van der Waals surface area contributed by atoms with Gasteiger partial charge in [0.25, 0.3) is 0 Å². The summed E-state index contributed by atoms with van der Waals surface area (Å²) in [5.74, 6) is 1.48. The van der Waals surface area contributed by atoms with Gasteiger partial charge in [-0.05, 0) is 67.4 Å². The van der Waals surface area contributed by atoms with Gasteiger partial charge in [-0.1, -0.05) is 152 Å². The van der Waals surface area contributed by atoms with Crippen LogP contribution in [0.25, 0.3) is 0 Å². The smallest absolute Gasteiger partial charge is 0.0805 e. The molecule has 0 unspecified atom stereocenters. The lowest BCUT2D eigenvalue weighted by molar-refractivity contribution is 0.516. The molecule has 0 amide bonds. The Morgan fingerprint density at radius 3 is 1.30 bits per heavy atom. The van der Waals surface area contributed by atoms with Crippen LogP contribution in [0.15, 0.2) is 95.7 Å². The van der Waals surface area contributed by atoms with Gasteiger partial charge in [-0.15, -0.1) is 0 Å². The number of hydrogen-bond donors (Lipinski definition) is 0. The van der Waals surface area contributed by atoms with E-state index in [1.165, 1.54) is 37.8 Å². The molecule has 0 bridgehead atoms. The molecule has 0 N–H and O–H groups in total. The summed E-state index contributed by atoms with van der Waals surface area (Å²) in [5, 5.41) is 6.20. The van der Waals surface area contributed by atoms with Crippen molar-refractivity contribution in [3.63, 3.8) is 0 Å². The second-order valence-electron chi connectivity index (χ2n) is 12.8. The van der Waals surface area contributed by atoms with Crippen molar-refractivity contribution in [3.05, 3.63) is 112 Å². The summed E-state index contributed by atoms with van der Waals surface area (Å²) in [6.07, 6.45) is 5.88. The van der Waals surface area contributed by atoms with Gasteiger partial charge < -0.3 is 0 Å². The normalized spacial score (nSPS) is 14.5. The van der Waals surface area contributed by atoms with Crippen molar-refractivity contribution >= 4 is 23.6 Å². The Morgan fingerprint density at radius 2 is 0.973 bits per heavy atom. The monoisotopic (exact) mass is 506 g/mol. The van der Waals surface area contributed by atoms with Gasteiger partial charge in [0, 0.05) is 0 Å². The average Bonchev–Trinajstić information content (AvgIpc) is 3.36. The minimum Gasteiger partial charge on any atom is -0.0805 e. The van der Waals surface area contributed by atoms with E-state index in [4.69, 9.17) is 0 Å². The third kappa shape index (κ3) is 5.21. The Bertz CT molecular complexity index is 1190. The standard InChI is InChI=1S/C36H46Si/c1-25(2)28-14-10-17-31(22-28)37(32-18-11-15-29(23-32)26(3)4,33-19-12-16-30(24-33)27(5)6)35-21-13-20-34(35)36(7,8)9/h10-20,22-27H,21H2,1-9H3. The zero-order valence-electron chi connectivity index (χ0n) is 24.5. The first-order chi connectivity index (χ1) is 17.5. The van der Waals surface area contributed by atoms with Crippen LogP contribution >= 0.6 is 0 Å². The summed E-state index contributed by atoms with van der Waals surface area (Å²) in [6.45, 7) is 21.1. The molecule has 0 saturated carbocycles. The van der Waals surface area contributed by atoms with E-state index < -0.39 is 8.07 Å². The van der Waals surface area contributed by atoms with Gasteiger partial charge in [0.1, 0.15) is 0 Å². The Morgan fingerprint density at radius 1 is 0.595 bits per heavy atom. The van der Waals surface area contributed by atoms with Crippen LogP contribution in [0.1, 0.15) is 103 Å². The minimum absolute atomic E-state index is 0.0849. The van der Waals surface area contributed by atoms with Crippen LogP contribution in [0.5, 0.6) is 0 Å². The van der Waals surface area contributed by atoms with Crippen LogP contribution in [-0.4, -0.2) is 8.07 Å². The number of allylic oxidation sites excluding steroid dienone is 4. The lowest BCUT2D eigenvalue weighted by Crippen LogP contribution is -2.69. The molecule has 0 fully saturated rings. The zero-order valence-corrected chi connectivity index (χ0v) is 25.5. The summed E-state index contributed by atoms with van der Waals surface area (Å²) in [4.78, 5) is 0. The molecule has 0 aromatic heterocycles. The fraction of sp³-hybridized carbons (Fsp3) is 0.389. The predicted octanol–water partition coefficient (Wildman–Crippen LogP) is 8.37. The molecule has 1 heteroatoms. The lowest BCUT2D eigenvalue weighted by atomic mass is 9.87. The molecule has 0 heterocycles. The maximum atomic E-state index is 2.55. The van der Waals surface area contributed by atoms with Crippen LogP contribution < -0.4 is 15.6 Å². The topological polar surface area (TPSA) is 0 Å². The van der Waals surface area contributed by atoms with Gasteiger partial charge in [0.05, 0.1) is 0 Å². The third-order valence-electron chi connectivity index (χ3n) is 8.15. The summed E-state index contributed by atoms with van der Waals surface area (Å²) >= 11 is 0. The minimum atomic E-state index is -2.58. The third-order valence-corrected chi connectivity index (χ3v) is 13.1. The molecule has 0 aliphatic heterocycles. The molecule has 194 valence electrons. The van der Waals surface area contributed by atoms with E-state index in [1.807, 2.05) is 0 Å². The average molecular weight is 507 g/mol. The first-order valence-electron chi connectivity index (χ1n) is 14.2. The van der Waals surface area contributed by atoms with E-state index >= 15 is 0 Å². The largest absolute Gasteiger partial charge is 0.176 e. The first-order valence-corrected chi connectivity index (χ1v) is 16.2. The van der Waals surface area contributed by atoms with E-state index in [9.17, 15) is 0 Å². The van der Waals surface area contributed by atoms with E-state index in [0.717, 1.165) is 6.42 Å². The van der Waals surface area contributed by atoms with E-state index in [1.54, 1.807) is 5.20 Å². The number of benzene rings is 3. The fourth-order valence-electron chi connectivity index (χ4n) is 5.98. The molecule has 0 radical (unpaired) electrons. The molecule has 0 spiro atoms. The molecule has 1 aliphatic carbocycles. The molecular weight excluding hydrogens is 460 g/mol. The summed E-state index contributed by atoms with van der Waals surface area (Å²) in [7, 11) is -2.58. The molecule has 37 heavy (non-hydrogen) atoms. The summed E-state index contributed by atoms with van der Waals surface area (Å²) in [6, 6.07) is 28.8. The Hall–Kier alpha value is -2.64. The second kappa shape index (κ2) is 10.6. The van der Waals surface area contributed by atoms with Crippen molar-refractivity contribution in [1.29, 1.82) is 0 Å². The Balaban J connectivity index is 2.22. The van der Waals surface area contributed by atoms with Crippen molar-refractivity contribution in [2.24, 2.45) is 5.41 Å². The Labute approximate surface area is 227 Å². The van der Waals surface area contributed by atoms with Gasteiger partial charge in [-0.2, -0.15) is 0 Å². The molecule has 1 aliphatic rings. The summed E-state index contributed by atoms with van der Waals surface area (Å²) < 4.78 is 0. The van der Waals surface area contributed by atoms with Gasteiger partial charge in [-0.25, -0.2) is 0 Å². The van der Waals surface area contributed by atoms with Crippen LogP contribution in [0.3, 0.4) is 0 Å². The van der Waals surface area contributed by atoms with Crippen LogP contribution in [-0.2, 0) is 0 Å². The lowest BCUT2D eigenvalue weighted by Gasteiger charge is -2.39. The maximum Gasteiger partial charge on any atom is 0.176 e. The second-order valence-corrected chi connectivity index (χ2v) is 16.7. The predicted molar refractivity (Wildman–Crippen MR) is 166 cm³/mol. The van der Waals surface area contributed by atoms with Crippen molar-refractivity contribution in [1.82, 2.24) is 0 Å². The van der Waals surface area contributed by atoms with Crippen molar-refractivity contribution in [2.45, 2.75) is 86.5 Å². The highest BCUT2D eigenvalue weighted by molar-refractivity contribution is 7.16. The van der Waals surface area contributed by atoms with Crippen LogP contribution in [0.2, 0.25) is 0 Å². The van der Waals surface area contributed by atoms with Crippen molar-refractivity contribution < 1.29 is 0 Å². The van der Waals surface area contributed by atoms with Crippen molar-refractivity contribution in [3.8, 4) is 0 Å². The van der Waals surface area contributed by atoms with E-state index in [2.05, 4.69) is 147 Å². The fourth-order valence-corrected chi connectivity index (χ4v) is 11.5. The van der Waals surface area contributed by atoms with Gasteiger partial charge in [0.15, 0.2) is 8.07 Å². The first kappa shape index (κ1) is 27.4. The molecule has 3 aromatic rings. The highest BCUT2D eigenvalue weighted by Gasteiger charge is 2.46. The number of rotatable bonds is 7. The van der Waals surface area contributed by atoms with E-state index in [0.29, 0.717) is 17.8 Å². The molecule has 0 atom stereocenters. The molecule has 0 nitrogen and oxygen atoms in total. The highest BCUT2D eigenvalue weighted by atomic mass is 28.3. The highest BCUT2D eigenvalue weighted by Crippen LogP contribution is 2.39. The SMILES string of the molecule is CC(C)c1cccc([Si](C2=C(C(C)(C)C)C=CC2)(c2cccc(C(C)C)c2)c2cccc(C(C)C)c2)c1. The van der Waals surface area contributed by atoms with Gasteiger partial charge >= 0.3 is 0 Å². The zero-order chi connectivity index (χ0) is 27.0. The molecule has 0 saturated heterocycles. The quantitative estimate of drug-likeness (QED) is 0.223. The van der Waals surface area contributed by atoms with Gasteiger partial charge in [0.2, 0.25) is 0 Å². The summed E-state index contributed by atoms with van der Waals surface area (Å²) in [5.41, 5.74) is 5.90. The molecule has 3 aromatic carbocycles. The number of hydrogen-bond acceptors (Lipinski definition) is 0. The van der Waals surface area contributed by atoms with Crippen molar-refractivity contribution in [2.75, 3.05) is 0 Å². The molecule has 4 rings (SSSR count). The van der Waals surface area contributed by atoms with Crippen LogP contribution in [0, 0.1) is 5.41 Å². The van der Waals surface area contributed by atoms with Gasteiger partial charge in [-0.3, -0.25) is 0 Å². The maximum absolute atomic E-state index is 2.58. The van der Waals surface area contributed by atoms with Crippen LogP contribution in [0.4, 0.5) is 0 Å². The molecular formula is C36H46Si. The van der Waals surface area contributed by atoms with E-state index in [-0.39, 0.29) is 5.41 Å².